The molecule has 2 atom stereocenters. The largest absolute Gasteiger partial charge is 0.416 e. The summed E-state index contributed by atoms with van der Waals surface area (Å²) in [6, 6.07) is 3.48. The van der Waals surface area contributed by atoms with Crippen LogP contribution in [0.3, 0.4) is 0 Å². The summed E-state index contributed by atoms with van der Waals surface area (Å²) >= 11 is 0. The van der Waals surface area contributed by atoms with E-state index < -0.39 is 42.2 Å². The lowest BCUT2D eigenvalue weighted by Gasteiger charge is -2.15. The molecule has 0 aliphatic carbocycles. The summed E-state index contributed by atoms with van der Waals surface area (Å²) in [5, 5.41) is 17.2. The number of β-amino-alcohol motifs (C(OH)–C–C–N with tert-alkyl or cyclic N) is 1. The van der Waals surface area contributed by atoms with Crippen LogP contribution in [0, 0.1) is 0 Å². The quantitative estimate of drug-likeness (QED) is 0.619. The van der Waals surface area contributed by atoms with Gasteiger partial charge in [0.25, 0.3) is 5.91 Å². The van der Waals surface area contributed by atoms with Crippen molar-refractivity contribution in [1.29, 1.82) is 0 Å². The zero-order chi connectivity index (χ0) is 17.0. The first-order valence-electron chi connectivity index (χ1n) is 6.91. The standard InChI is InChI=1S/C14H16F3N3O3/c15-14(16,17)9-3-1-2-8(4-9)13(23)19-7-12(22)20-10-5-18-6-11(10)21/h1-4,10-11,18,21H,5-7H2,(H,19,23)(H,20,22)/t10-,11-/m0/s1. The number of alkyl halides is 3. The fourth-order valence-electron chi connectivity index (χ4n) is 2.17. The molecular formula is C14H16F3N3O3. The summed E-state index contributed by atoms with van der Waals surface area (Å²) in [6.07, 6.45) is -5.25. The second-order valence-electron chi connectivity index (χ2n) is 5.16. The number of hydrogen-bond acceptors (Lipinski definition) is 4. The van der Waals surface area contributed by atoms with Crippen LogP contribution in [0.2, 0.25) is 0 Å². The van der Waals surface area contributed by atoms with Crippen LogP contribution in [0.4, 0.5) is 13.2 Å². The average Bonchev–Trinajstić information content (AvgIpc) is 2.89. The Morgan fingerprint density at radius 3 is 2.65 bits per heavy atom. The SMILES string of the molecule is O=C(CNC(=O)c1cccc(C(F)(F)F)c1)N[C@H]1CNC[C@@H]1O. The molecular weight excluding hydrogens is 315 g/mol. The van der Waals surface area contributed by atoms with Crippen LogP contribution >= 0.6 is 0 Å². The molecule has 1 fully saturated rings. The Morgan fingerprint density at radius 2 is 2.04 bits per heavy atom. The first-order chi connectivity index (χ1) is 10.8. The molecule has 1 aliphatic heterocycles. The lowest BCUT2D eigenvalue weighted by Crippen LogP contribution is -2.46. The van der Waals surface area contributed by atoms with Gasteiger partial charge in [-0.2, -0.15) is 13.2 Å². The zero-order valence-electron chi connectivity index (χ0n) is 12.0. The molecule has 1 aliphatic rings. The van der Waals surface area contributed by atoms with Crippen molar-refractivity contribution in [2.75, 3.05) is 19.6 Å². The Morgan fingerprint density at radius 1 is 1.30 bits per heavy atom. The van der Waals surface area contributed by atoms with Gasteiger partial charge in [-0.1, -0.05) is 6.07 Å². The minimum Gasteiger partial charge on any atom is -0.390 e. The molecule has 1 aromatic carbocycles. The maximum atomic E-state index is 12.6. The molecule has 4 N–H and O–H groups in total. The minimum atomic E-state index is -4.54. The van der Waals surface area contributed by atoms with Gasteiger partial charge in [0.2, 0.25) is 5.91 Å². The molecule has 1 saturated heterocycles. The Balaban J connectivity index is 1.88. The third kappa shape index (κ3) is 4.67. The van der Waals surface area contributed by atoms with E-state index in [4.69, 9.17) is 0 Å². The fraction of sp³-hybridized carbons (Fsp3) is 0.429. The number of aliphatic hydroxyl groups is 1. The van der Waals surface area contributed by atoms with Gasteiger partial charge in [-0.15, -0.1) is 0 Å². The predicted molar refractivity (Wildman–Crippen MR) is 74.6 cm³/mol. The van der Waals surface area contributed by atoms with E-state index in [-0.39, 0.29) is 5.56 Å². The van der Waals surface area contributed by atoms with Gasteiger partial charge in [-0.25, -0.2) is 0 Å². The lowest BCUT2D eigenvalue weighted by atomic mass is 10.1. The van der Waals surface area contributed by atoms with E-state index in [9.17, 15) is 27.9 Å². The molecule has 1 heterocycles. The molecule has 1 aromatic rings. The zero-order valence-corrected chi connectivity index (χ0v) is 12.0. The van der Waals surface area contributed by atoms with Gasteiger partial charge in [0.05, 0.1) is 24.3 Å². The maximum Gasteiger partial charge on any atom is 0.416 e. The minimum absolute atomic E-state index is 0.185. The van der Waals surface area contributed by atoms with Crippen LogP contribution in [0.5, 0.6) is 0 Å². The Hall–Kier alpha value is -2.13. The number of halogens is 3. The Kier molecular flexibility index (Phi) is 5.22. The van der Waals surface area contributed by atoms with Gasteiger partial charge in [0, 0.05) is 18.7 Å². The van der Waals surface area contributed by atoms with Crippen LogP contribution in [-0.4, -0.2) is 48.7 Å². The van der Waals surface area contributed by atoms with Crippen molar-refractivity contribution in [1.82, 2.24) is 16.0 Å². The summed E-state index contributed by atoms with van der Waals surface area (Å²) < 4.78 is 37.8. The third-order valence-corrected chi connectivity index (χ3v) is 3.39. The molecule has 2 amide bonds. The number of nitrogens with one attached hydrogen (secondary N) is 3. The monoisotopic (exact) mass is 331 g/mol. The van der Waals surface area contributed by atoms with Crippen molar-refractivity contribution < 1.29 is 27.9 Å². The van der Waals surface area contributed by atoms with Gasteiger partial charge in [0.15, 0.2) is 0 Å². The first-order valence-corrected chi connectivity index (χ1v) is 6.91. The maximum absolute atomic E-state index is 12.6. The van der Waals surface area contributed by atoms with E-state index in [2.05, 4.69) is 16.0 Å². The van der Waals surface area contributed by atoms with Crippen molar-refractivity contribution in [3.8, 4) is 0 Å². The van der Waals surface area contributed by atoms with Gasteiger partial charge < -0.3 is 21.1 Å². The number of carbonyl (C=O) groups is 2. The van der Waals surface area contributed by atoms with Gasteiger partial charge in [-0.05, 0) is 18.2 Å². The van der Waals surface area contributed by atoms with E-state index in [1.54, 1.807) is 0 Å². The van der Waals surface area contributed by atoms with E-state index >= 15 is 0 Å². The summed E-state index contributed by atoms with van der Waals surface area (Å²) in [5.74, 6) is -1.31. The van der Waals surface area contributed by atoms with Crippen molar-refractivity contribution >= 4 is 11.8 Å². The average molecular weight is 331 g/mol. The van der Waals surface area contributed by atoms with Crippen LogP contribution in [0.15, 0.2) is 24.3 Å². The molecule has 2 rings (SSSR count). The highest BCUT2D eigenvalue weighted by atomic mass is 19.4. The molecule has 0 aromatic heterocycles. The molecule has 0 unspecified atom stereocenters. The second kappa shape index (κ2) is 6.97. The van der Waals surface area contributed by atoms with Crippen molar-refractivity contribution in [2.45, 2.75) is 18.3 Å². The highest BCUT2D eigenvalue weighted by molar-refractivity contribution is 5.96. The number of benzene rings is 1. The Bertz CT molecular complexity index is 592. The van der Waals surface area contributed by atoms with E-state index in [0.29, 0.717) is 13.1 Å². The van der Waals surface area contributed by atoms with E-state index in [1.807, 2.05) is 0 Å². The van der Waals surface area contributed by atoms with Crippen LogP contribution < -0.4 is 16.0 Å². The normalized spacial score (nSPS) is 21.0. The van der Waals surface area contributed by atoms with Gasteiger partial charge in [-0.3, -0.25) is 9.59 Å². The predicted octanol–water partition coefficient (Wildman–Crippen LogP) is -0.116. The highest BCUT2D eigenvalue weighted by Gasteiger charge is 2.31. The number of amides is 2. The summed E-state index contributed by atoms with van der Waals surface area (Å²) in [7, 11) is 0. The van der Waals surface area contributed by atoms with Crippen molar-refractivity contribution in [2.24, 2.45) is 0 Å². The van der Waals surface area contributed by atoms with E-state index in [1.165, 1.54) is 6.07 Å². The smallest absolute Gasteiger partial charge is 0.390 e. The molecule has 126 valence electrons. The topological polar surface area (TPSA) is 90.5 Å². The number of aliphatic hydroxyl groups excluding tert-OH is 1. The molecule has 0 spiro atoms. The number of rotatable bonds is 4. The highest BCUT2D eigenvalue weighted by Crippen LogP contribution is 2.29. The van der Waals surface area contributed by atoms with Crippen molar-refractivity contribution in [3.63, 3.8) is 0 Å². The van der Waals surface area contributed by atoms with Crippen LogP contribution in [0.25, 0.3) is 0 Å². The molecule has 0 radical (unpaired) electrons. The third-order valence-electron chi connectivity index (χ3n) is 3.39. The molecule has 23 heavy (non-hydrogen) atoms. The van der Waals surface area contributed by atoms with Gasteiger partial charge >= 0.3 is 6.18 Å². The Labute approximate surface area is 130 Å². The summed E-state index contributed by atoms with van der Waals surface area (Å²) in [6.45, 7) is 0.383. The van der Waals surface area contributed by atoms with Crippen LogP contribution in [-0.2, 0) is 11.0 Å². The van der Waals surface area contributed by atoms with Crippen molar-refractivity contribution in [3.05, 3.63) is 35.4 Å². The molecule has 0 saturated carbocycles. The van der Waals surface area contributed by atoms with E-state index in [0.717, 1.165) is 18.2 Å². The molecule has 0 bridgehead atoms. The number of carbonyl (C=O) groups excluding carboxylic acids is 2. The van der Waals surface area contributed by atoms with Gasteiger partial charge in [0.1, 0.15) is 0 Å². The first kappa shape index (κ1) is 17.2. The molecule has 9 heteroatoms. The summed E-state index contributed by atoms with van der Waals surface area (Å²) in [5.41, 5.74) is -1.12. The number of hydrogen-bond donors (Lipinski definition) is 4. The summed E-state index contributed by atoms with van der Waals surface area (Å²) in [4.78, 5) is 23.5. The van der Waals surface area contributed by atoms with Crippen LogP contribution in [0.1, 0.15) is 15.9 Å². The molecule has 6 nitrogen and oxygen atoms in total. The second-order valence-corrected chi connectivity index (χ2v) is 5.16. The fourth-order valence-corrected chi connectivity index (χ4v) is 2.17. The lowest BCUT2D eigenvalue weighted by molar-refractivity contribution is -0.137.